The van der Waals surface area contributed by atoms with Crippen LogP contribution in [0.1, 0.15) is 83.9 Å². The van der Waals surface area contributed by atoms with Crippen LogP contribution in [0.15, 0.2) is 34.1 Å². The Bertz CT molecular complexity index is 2320. The summed E-state index contributed by atoms with van der Waals surface area (Å²) in [5, 5.41) is 3.10. The fourth-order valence-corrected chi connectivity index (χ4v) is 8.41. The summed E-state index contributed by atoms with van der Waals surface area (Å²) < 4.78 is 54.0. The van der Waals surface area contributed by atoms with Crippen molar-refractivity contribution in [3.63, 3.8) is 0 Å². The molecule has 18 heteroatoms. The predicted octanol–water partition coefficient (Wildman–Crippen LogP) is 4.78. The third-order valence-corrected chi connectivity index (χ3v) is 11.4. The summed E-state index contributed by atoms with van der Waals surface area (Å²) in [5.74, 6) is -3.58. The van der Waals surface area contributed by atoms with E-state index in [1.165, 1.54) is 6.92 Å². The van der Waals surface area contributed by atoms with Crippen LogP contribution in [0, 0.1) is 0 Å². The number of benzene rings is 1. The average Bonchev–Trinajstić information content (AvgIpc) is 3.51. The standard InChI is InChI=1S/C39H47N5O12S/c1-7-10-11-15-43-22-40-26-13-12-14-27-30(26)32(43)23-19-44-29(31(23)41-27)18-25-24(33(44)45)20-54-35(47)39(25,8-2)56-37(49)53-16-17-57(50,51)21-28(34(46)52-9-3)42-36(48)55-38(4,5)6/h12-14,18,22,28H,7-11,15-17,19-21H2,1-6H3,(H,42,48)/t28-,39-/m0/s1. The van der Waals surface area contributed by atoms with Crippen molar-refractivity contribution in [2.75, 3.05) is 36.2 Å². The Labute approximate surface area is 329 Å². The number of cyclic esters (lactones) is 1. The Morgan fingerprint density at radius 2 is 1.84 bits per heavy atom. The number of rotatable bonds is 14. The van der Waals surface area contributed by atoms with E-state index in [2.05, 4.69) is 22.1 Å². The van der Waals surface area contributed by atoms with Gasteiger partial charge >= 0.3 is 24.2 Å². The van der Waals surface area contributed by atoms with Crippen LogP contribution in [0.25, 0.3) is 22.3 Å². The summed E-state index contributed by atoms with van der Waals surface area (Å²) in [6, 6.07) is 5.69. The first-order valence-electron chi connectivity index (χ1n) is 19.0. The van der Waals surface area contributed by atoms with Crippen molar-refractivity contribution in [3.05, 3.63) is 51.3 Å². The zero-order chi connectivity index (χ0) is 41.3. The van der Waals surface area contributed by atoms with Crippen molar-refractivity contribution in [1.82, 2.24) is 14.9 Å². The number of esters is 2. The maximum atomic E-state index is 14.2. The van der Waals surface area contributed by atoms with Crippen molar-refractivity contribution in [3.8, 4) is 11.4 Å². The number of nitrogens with one attached hydrogen (secondary N) is 1. The van der Waals surface area contributed by atoms with Crippen LogP contribution >= 0.6 is 0 Å². The van der Waals surface area contributed by atoms with Crippen LogP contribution in [0.2, 0.25) is 0 Å². The van der Waals surface area contributed by atoms with Gasteiger partial charge in [-0.2, -0.15) is 0 Å². The molecule has 0 spiro atoms. The Kier molecular flexibility index (Phi) is 11.7. The summed E-state index contributed by atoms with van der Waals surface area (Å²) in [5.41, 5.74) is 0.923. The lowest BCUT2D eigenvalue weighted by Crippen LogP contribution is -2.48. The second kappa shape index (κ2) is 16.1. The molecule has 2 aromatic heterocycles. The molecule has 1 N–H and O–H groups in total. The molecule has 6 rings (SSSR count). The van der Waals surface area contributed by atoms with Crippen molar-refractivity contribution >= 4 is 62.6 Å². The molecule has 3 aliphatic heterocycles. The molecule has 0 radical (unpaired) electrons. The number of carbonyl (C=O) groups is 4. The summed E-state index contributed by atoms with van der Waals surface area (Å²) in [6.45, 7) is 9.77. The topological polar surface area (TPSA) is 211 Å². The van der Waals surface area contributed by atoms with E-state index in [4.69, 9.17) is 28.7 Å². The number of amides is 1. The maximum Gasteiger partial charge on any atom is 0.509 e. The van der Waals surface area contributed by atoms with Crippen LogP contribution in [0.4, 0.5) is 21.0 Å². The molecular weight excluding hydrogens is 763 g/mol. The molecule has 1 aromatic carbocycles. The number of pyridine rings is 2. The van der Waals surface area contributed by atoms with E-state index in [1.54, 1.807) is 38.3 Å². The van der Waals surface area contributed by atoms with E-state index in [0.717, 1.165) is 41.6 Å². The number of fused-ring (bicyclic) bond motifs is 5. The molecule has 0 saturated heterocycles. The van der Waals surface area contributed by atoms with Crippen LogP contribution < -0.4 is 15.8 Å². The molecule has 3 aromatic rings. The van der Waals surface area contributed by atoms with Crippen molar-refractivity contribution in [1.29, 1.82) is 0 Å². The largest absolute Gasteiger partial charge is 0.509 e. The Morgan fingerprint density at radius 1 is 1.07 bits per heavy atom. The zero-order valence-corrected chi connectivity index (χ0v) is 33.7. The second-order valence-electron chi connectivity index (χ2n) is 14.9. The molecule has 0 unspecified atom stereocenters. The number of hydrogen-bond acceptors (Lipinski definition) is 15. The molecule has 3 aliphatic rings. The number of aliphatic imine (C=N–C) groups is 1. The van der Waals surface area contributed by atoms with Gasteiger partial charge in [0.05, 0.1) is 70.2 Å². The van der Waals surface area contributed by atoms with E-state index in [-0.39, 0.29) is 37.3 Å². The van der Waals surface area contributed by atoms with Gasteiger partial charge in [0, 0.05) is 17.7 Å². The van der Waals surface area contributed by atoms with Gasteiger partial charge in [-0.1, -0.05) is 32.8 Å². The lowest BCUT2D eigenvalue weighted by Gasteiger charge is -2.35. The SMILES string of the molecule is CCCCCN1C=Nc2cccc3nc4c(c1c23)Cn1c-4cc2c(c1=O)COC(=O)[C@@]2(CC)OC(=O)OCCS(=O)(=O)C[C@H](NC(=O)OC(C)(C)C)C(=O)OCC. The van der Waals surface area contributed by atoms with Gasteiger partial charge in [0.25, 0.3) is 5.56 Å². The lowest BCUT2D eigenvalue weighted by atomic mass is 9.85. The highest BCUT2D eigenvalue weighted by molar-refractivity contribution is 7.91. The highest BCUT2D eigenvalue weighted by Crippen LogP contribution is 2.47. The molecule has 0 fully saturated rings. The van der Waals surface area contributed by atoms with Crippen LogP contribution in [0.5, 0.6) is 0 Å². The third-order valence-electron chi connectivity index (χ3n) is 9.81. The second-order valence-corrected chi connectivity index (χ2v) is 17.2. The van der Waals surface area contributed by atoms with Gasteiger partial charge in [0.15, 0.2) is 9.84 Å². The molecule has 0 bridgehead atoms. The summed E-state index contributed by atoms with van der Waals surface area (Å²) in [4.78, 5) is 77.6. The quantitative estimate of drug-likeness (QED) is 0.103. The normalized spacial score (nSPS) is 17.2. The number of sulfone groups is 1. The number of unbranched alkanes of at least 4 members (excludes halogenated alkanes) is 2. The van der Waals surface area contributed by atoms with Crippen molar-refractivity contribution < 1.29 is 51.3 Å². The molecule has 5 heterocycles. The van der Waals surface area contributed by atoms with Crippen LogP contribution in [-0.4, -0.2) is 91.4 Å². The van der Waals surface area contributed by atoms with Gasteiger partial charge in [-0.05, 0) is 58.7 Å². The zero-order valence-electron chi connectivity index (χ0n) is 32.8. The summed E-state index contributed by atoms with van der Waals surface area (Å²) in [6.07, 6.45) is 2.24. The Morgan fingerprint density at radius 3 is 2.54 bits per heavy atom. The molecule has 2 atom stereocenters. The van der Waals surface area contributed by atoms with E-state index >= 15 is 0 Å². The molecule has 1 amide bonds. The minimum atomic E-state index is -4.17. The number of nitrogens with zero attached hydrogens (tertiary/aromatic N) is 4. The minimum absolute atomic E-state index is 0.0742. The van der Waals surface area contributed by atoms with Crippen LogP contribution in [-0.2, 0) is 61.9 Å². The Hall–Kier alpha value is -5.52. The van der Waals surface area contributed by atoms with Crippen LogP contribution in [0.3, 0.4) is 0 Å². The molecule has 17 nitrogen and oxygen atoms in total. The number of ether oxygens (including phenoxy) is 5. The fraction of sp³-hybridized carbons (Fsp3) is 0.513. The molecule has 306 valence electrons. The molecule has 57 heavy (non-hydrogen) atoms. The van der Waals surface area contributed by atoms with Gasteiger partial charge in [-0.3, -0.25) is 4.79 Å². The Balaban J connectivity index is 1.24. The van der Waals surface area contributed by atoms with Gasteiger partial charge < -0.3 is 38.5 Å². The van der Waals surface area contributed by atoms with Gasteiger partial charge in [0.2, 0.25) is 5.60 Å². The number of aromatic nitrogens is 2. The highest BCUT2D eigenvalue weighted by atomic mass is 32.2. The smallest absolute Gasteiger partial charge is 0.464 e. The molecule has 0 aliphatic carbocycles. The highest BCUT2D eigenvalue weighted by Gasteiger charge is 2.51. The maximum absolute atomic E-state index is 14.2. The number of alkyl carbamates (subject to hydrolysis) is 1. The van der Waals surface area contributed by atoms with Gasteiger partial charge in [-0.25, -0.2) is 37.6 Å². The third kappa shape index (κ3) is 8.31. The van der Waals surface area contributed by atoms with Gasteiger partial charge in [0.1, 0.15) is 24.9 Å². The molecular formula is C39H47N5O12S. The first-order valence-corrected chi connectivity index (χ1v) is 20.8. The summed E-state index contributed by atoms with van der Waals surface area (Å²) >= 11 is 0. The van der Waals surface area contributed by atoms with Crippen molar-refractivity contribution in [2.24, 2.45) is 4.99 Å². The lowest BCUT2D eigenvalue weighted by molar-refractivity contribution is -0.175. The van der Waals surface area contributed by atoms with E-state index in [0.29, 0.717) is 23.4 Å². The fourth-order valence-electron chi connectivity index (χ4n) is 7.18. The minimum Gasteiger partial charge on any atom is -0.464 e. The number of anilines is 1. The van der Waals surface area contributed by atoms with E-state index in [1.807, 2.05) is 24.5 Å². The summed E-state index contributed by atoms with van der Waals surface area (Å²) in [7, 11) is -4.17. The number of carbonyl (C=O) groups excluding carboxylic acids is 4. The van der Waals surface area contributed by atoms with Gasteiger partial charge in [-0.15, -0.1) is 0 Å². The first kappa shape index (κ1) is 41.1. The first-order chi connectivity index (χ1) is 27.0. The van der Waals surface area contributed by atoms with Crippen molar-refractivity contribution in [2.45, 2.75) is 97.6 Å². The number of hydrogen-bond donors (Lipinski definition) is 1. The monoisotopic (exact) mass is 809 g/mol. The van der Waals surface area contributed by atoms with E-state index in [9.17, 15) is 32.4 Å². The van der Waals surface area contributed by atoms with E-state index < -0.39 is 74.9 Å². The molecule has 0 saturated carbocycles. The average molecular weight is 810 g/mol. The predicted molar refractivity (Wildman–Crippen MR) is 208 cm³/mol.